The Morgan fingerprint density at radius 1 is 1.45 bits per heavy atom. The summed E-state index contributed by atoms with van der Waals surface area (Å²) in [4.78, 5) is 4.09. The van der Waals surface area contributed by atoms with Crippen molar-refractivity contribution in [3.8, 4) is 0 Å². The van der Waals surface area contributed by atoms with Gasteiger partial charge in [-0.1, -0.05) is 31.3 Å². The number of hydrogen-bond acceptors (Lipinski definition) is 4. The Labute approximate surface area is 120 Å². The lowest BCUT2D eigenvalue weighted by atomic mass is 9.97. The fourth-order valence-corrected chi connectivity index (χ4v) is 2.82. The zero-order valence-electron chi connectivity index (χ0n) is 12.0. The summed E-state index contributed by atoms with van der Waals surface area (Å²) >= 11 is 0. The van der Waals surface area contributed by atoms with Gasteiger partial charge in [0.15, 0.2) is 5.84 Å². The fraction of sp³-hybridized carbons (Fsp3) is 0.600. The first-order valence-electron chi connectivity index (χ1n) is 7.37. The van der Waals surface area contributed by atoms with E-state index in [9.17, 15) is 0 Å². The van der Waals surface area contributed by atoms with E-state index >= 15 is 0 Å². The van der Waals surface area contributed by atoms with Crippen LogP contribution in [0.1, 0.15) is 50.3 Å². The molecule has 2 unspecified atom stereocenters. The Bertz CT molecular complexity index is 461. The molecule has 0 aliphatic heterocycles. The number of oxime groups is 1. The van der Waals surface area contributed by atoms with Crippen molar-refractivity contribution in [2.45, 2.75) is 51.6 Å². The van der Waals surface area contributed by atoms with Crippen molar-refractivity contribution in [3.63, 3.8) is 0 Å². The van der Waals surface area contributed by atoms with Crippen LogP contribution in [0.3, 0.4) is 0 Å². The summed E-state index contributed by atoms with van der Waals surface area (Å²) in [5.41, 5.74) is 7.19. The number of rotatable bonds is 4. The number of nitrogens with one attached hydrogen (secondary N) is 1. The van der Waals surface area contributed by atoms with Crippen LogP contribution in [-0.2, 0) is 6.54 Å². The normalized spacial score (nSPS) is 24.4. The Hall–Kier alpha value is -1.62. The molecule has 0 radical (unpaired) electrons. The summed E-state index contributed by atoms with van der Waals surface area (Å²) in [7, 11) is 0. The van der Waals surface area contributed by atoms with Gasteiger partial charge in [0.2, 0.25) is 0 Å². The molecule has 5 heteroatoms. The Kier molecular flexibility index (Phi) is 5.35. The van der Waals surface area contributed by atoms with Crippen molar-refractivity contribution < 1.29 is 5.21 Å². The molecule has 1 aromatic heterocycles. The largest absolute Gasteiger partial charge is 0.409 e. The van der Waals surface area contributed by atoms with E-state index in [1.807, 2.05) is 12.1 Å². The van der Waals surface area contributed by atoms with Crippen molar-refractivity contribution in [1.29, 1.82) is 0 Å². The molecule has 1 saturated carbocycles. The molecule has 5 nitrogen and oxygen atoms in total. The van der Waals surface area contributed by atoms with Gasteiger partial charge >= 0.3 is 0 Å². The highest BCUT2D eigenvalue weighted by molar-refractivity contribution is 5.95. The minimum Gasteiger partial charge on any atom is -0.409 e. The van der Waals surface area contributed by atoms with E-state index in [1.54, 1.807) is 6.20 Å². The van der Waals surface area contributed by atoms with Crippen molar-refractivity contribution in [2.24, 2.45) is 16.8 Å². The number of amidine groups is 1. The van der Waals surface area contributed by atoms with E-state index in [1.165, 1.54) is 32.1 Å². The summed E-state index contributed by atoms with van der Waals surface area (Å²) < 4.78 is 0. The molecule has 0 amide bonds. The average molecular weight is 276 g/mol. The molecule has 1 aromatic rings. The Balaban J connectivity index is 1.96. The van der Waals surface area contributed by atoms with Crippen molar-refractivity contribution in [2.75, 3.05) is 0 Å². The van der Waals surface area contributed by atoms with Crippen LogP contribution < -0.4 is 11.1 Å². The first-order chi connectivity index (χ1) is 9.70. The highest BCUT2D eigenvalue weighted by Crippen LogP contribution is 2.23. The number of aromatic nitrogens is 1. The predicted octanol–water partition coefficient (Wildman–Crippen LogP) is 2.23. The zero-order chi connectivity index (χ0) is 14.4. The lowest BCUT2D eigenvalue weighted by Crippen LogP contribution is -2.33. The topological polar surface area (TPSA) is 83.5 Å². The van der Waals surface area contributed by atoms with E-state index in [0.717, 1.165) is 18.0 Å². The average Bonchev–Trinajstić information content (AvgIpc) is 2.69. The van der Waals surface area contributed by atoms with Crippen LogP contribution >= 0.6 is 0 Å². The molecule has 4 N–H and O–H groups in total. The third-order valence-corrected chi connectivity index (χ3v) is 4.12. The third-order valence-electron chi connectivity index (χ3n) is 4.12. The molecule has 1 fully saturated rings. The third kappa shape index (κ3) is 3.93. The number of nitrogens with zero attached hydrogens (tertiary/aromatic N) is 2. The van der Waals surface area contributed by atoms with E-state index in [-0.39, 0.29) is 5.84 Å². The van der Waals surface area contributed by atoms with Gasteiger partial charge < -0.3 is 16.3 Å². The van der Waals surface area contributed by atoms with Crippen LogP contribution in [0.4, 0.5) is 0 Å². The maximum absolute atomic E-state index is 8.69. The molecule has 2 atom stereocenters. The van der Waals surface area contributed by atoms with Crippen molar-refractivity contribution in [1.82, 2.24) is 10.3 Å². The smallest absolute Gasteiger partial charge is 0.188 e. The SMILES string of the molecule is CC1CCCCCC1NCc1ccnc(C(N)=NO)c1. The van der Waals surface area contributed by atoms with E-state index in [2.05, 4.69) is 22.4 Å². The van der Waals surface area contributed by atoms with Gasteiger partial charge in [-0.3, -0.25) is 4.98 Å². The number of hydrogen-bond donors (Lipinski definition) is 3. The standard InChI is InChI=1S/C15H24N4O/c1-11-5-3-2-4-6-13(11)18-10-12-7-8-17-14(9-12)15(16)19-20/h7-9,11,13,18,20H,2-6,10H2,1H3,(H2,16,19). The van der Waals surface area contributed by atoms with E-state index < -0.39 is 0 Å². The summed E-state index contributed by atoms with van der Waals surface area (Å²) in [6.07, 6.45) is 8.27. The highest BCUT2D eigenvalue weighted by atomic mass is 16.4. The summed E-state index contributed by atoms with van der Waals surface area (Å²) in [6.45, 7) is 3.13. The number of pyridine rings is 1. The first kappa shape index (κ1) is 14.8. The molecule has 0 aromatic carbocycles. The van der Waals surface area contributed by atoms with Gasteiger partial charge in [-0.2, -0.15) is 0 Å². The van der Waals surface area contributed by atoms with Crippen LogP contribution in [0.25, 0.3) is 0 Å². The molecule has 20 heavy (non-hydrogen) atoms. The van der Waals surface area contributed by atoms with E-state index in [4.69, 9.17) is 10.9 Å². The Morgan fingerprint density at radius 2 is 2.25 bits per heavy atom. The van der Waals surface area contributed by atoms with Crippen LogP contribution in [0.15, 0.2) is 23.5 Å². The van der Waals surface area contributed by atoms with Gasteiger partial charge in [0.1, 0.15) is 5.69 Å². The van der Waals surface area contributed by atoms with Crippen molar-refractivity contribution >= 4 is 5.84 Å². The predicted molar refractivity (Wildman–Crippen MR) is 79.6 cm³/mol. The maximum atomic E-state index is 8.69. The molecule has 0 saturated heterocycles. The van der Waals surface area contributed by atoms with Crippen LogP contribution in [-0.4, -0.2) is 22.1 Å². The second-order valence-electron chi connectivity index (χ2n) is 5.64. The molecule has 2 rings (SSSR count). The van der Waals surface area contributed by atoms with Gasteiger partial charge in [-0.15, -0.1) is 0 Å². The highest BCUT2D eigenvalue weighted by Gasteiger charge is 2.19. The summed E-state index contributed by atoms with van der Waals surface area (Å²) in [5.74, 6) is 0.776. The van der Waals surface area contributed by atoms with Gasteiger partial charge in [0.25, 0.3) is 0 Å². The number of nitrogens with two attached hydrogens (primary N) is 1. The second kappa shape index (κ2) is 7.24. The second-order valence-corrected chi connectivity index (χ2v) is 5.64. The molecule has 0 bridgehead atoms. The minimum absolute atomic E-state index is 0.0506. The molecule has 1 aliphatic carbocycles. The van der Waals surface area contributed by atoms with Gasteiger partial charge in [-0.05, 0) is 36.5 Å². The van der Waals surface area contributed by atoms with Crippen LogP contribution in [0.5, 0.6) is 0 Å². The summed E-state index contributed by atoms with van der Waals surface area (Å²) in [5, 5.41) is 15.3. The van der Waals surface area contributed by atoms with Gasteiger partial charge in [0.05, 0.1) is 0 Å². The minimum atomic E-state index is 0.0506. The molecular formula is C15H24N4O. The summed E-state index contributed by atoms with van der Waals surface area (Å²) in [6, 6.07) is 4.41. The van der Waals surface area contributed by atoms with Crippen LogP contribution in [0.2, 0.25) is 0 Å². The van der Waals surface area contributed by atoms with E-state index in [0.29, 0.717) is 11.7 Å². The molecular weight excluding hydrogens is 252 g/mol. The Morgan fingerprint density at radius 3 is 3.05 bits per heavy atom. The maximum Gasteiger partial charge on any atom is 0.188 e. The lowest BCUT2D eigenvalue weighted by molar-refractivity contribution is 0.318. The molecule has 1 aliphatic rings. The van der Waals surface area contributed by atoms with Crippen LogP contribution in [0, 0.1) is 5.92 Å². The monoisotopic (exact) mass is 276 g/mol. The zero-order valence-corrected chi connectivity index (χ0v) is 12.0. The van der Waals surface area contributed by atoms with Gasteiger partial charge in [-0.25, -0.2) is 0 Å². The molecule has 110 valence electrons. The molecule has 0 spiro atoms. The van der Waals surface area contributed by atoms with Gasteiger partial charge in [0, 0.05) is 18.8 Å². The first-order valence-corrected chi connectivity index (χ1v) is 7.37. The lowest BCUT2D eigenvalue weighted by Gasteiger charge is -2.23. The quantitative estimate of drug-likeness (QED) is 0.259. The molecule has 1 heterocycles. The fourth-order valence-electron chi connectivity index (χ4n) is 2.82. The van der Waals surface area contributed by atoms with Crippen molar-refractivity contribution in [3.05, 3.63) is 29.6 Å².